The molecule has 0 aliphatic carbocycles. The number of benzene rings is 1. The molecule has 1 aromatic heterocycles. The Morgan fingerprint density at radius 1 is 1.38 bits per heavy atom. The van der Waals surface area contributed by atoms with Crippen molar-refractivity contribution < 1.29 is 5.21 Å². The summed E-state index contributed by atoms with van der Waals surface area (Å²) < 4.78 is 1.57. The van der Waals surface area contributed by atoms with Crippen LogP contribution in [0.2, 0.25) is 5.02 Å². The van der Waals surface area contributed by atoms with Crippen LogP contribution in [0, 0.1) is 0 Å². The Morgan fingerprint density at radius 2 is 2.12 bits per heavy atom. The Morgan fingerprint density at radius 3 is 2.69 bits per heavy atom. The average Bonchev–Trinajstić information content (AvgIpc) is 2.80. The standard InChI is InChI=1S/C10H9ClN4O/c11-9-3-1-8(2-4-9)10(14-16)5-15-7-12-6-13-15/h1-4,6-7,16H,5H2/b14-10+. The molecular weight excluding hydrogens is 228 g/mol. The van der Waals surface area contributed by atoms with Crippen molar-refractivity contribution in [1.82, 2.24) is 14.8 Å². The van der Waals surface area contributed by atoms with Crippen molar-refractivity contribution in [2.75, 3.05) is 0 Å². The molecule has 82 valence electrons. The highest BCUT2D eigenvalue weighted by molar-refractivity contribution is 6.30. The minimum absolute atomic E-state index is 0.359. The third-order valence-electron chi connectivity index (χ3n) is 2.08. The molecule has 0 saturated carbocycles. The smallest absolute Gasteiger partial charge is 0.137 e. The molecule has 16 heavy (non-hydrogen) atoms. The van der Waals surface area contributed by atoms with Crippen molar-refractivity contribution in [3.63, 3.8) is 0 Å². The third-order valence-corrected chi connectivity index (χ3v) is 2.33. The first kappa shape index (κ1) is 10.6. The largest absolute Gasteiger partial charge is 0.411 e. The summed E-state index contributed by atoms with van der Waals surface area (Å²) in [5.41, 5.74) is 1.30. The molecular formula is C10H9ClN4O. The number of hydrogen-bond donors (Lipinski definition) is 1. The predicted molar refractivity (Wildman–Crippen MR) is 59.8 cm³/mol. The van der Waals surface area contributed by atoms with Gasteiger partial charge in [-0.1, -0.05) is 28.9 Å². The molecule has 2 rings (SSSR count). The summed E-state index contributed by atoms with van der Waals surface area (Å²) in [6.07, 6.45) is 2.98. The van der Waals surface area contributed by atoms with Crippen LogP contribution in [0.4, 0.5) is 0 Å². The van der Waals surface area contributed by atoms with Gasteiger partial charge >= 0.3 is 0 Å². The zero-order valence-electron chi connectivity index (χ0n) is 8.29. The van der Waals surface area contributed by atoms with E-state index in [-0.39, 0.29) is 0 Å². The lowest BCUT2D eigenvalue weighted by Crippen LogP contribution is -2.12. The lowest BCUT2D eigenvalue weighted by atomic mass is 10.1. The van der Waals surface area contributed by atoms with Crippen LogP contribution in [-0.4, -0.2) is 25.7 Å². The van der Waals surface area contributed by atoms with Crippen LogP contribution in [0.25, 0.3) is 0 Å². The Balaban J connectivity index is 2.20. The van der Waals surface area contributed by atoms with Gasteiger partial charge in [0.2, 0.25) is 0 Å². The van der Waals surface area contributed by atoms with E-state index in [1.807, 2.05) is 0 Å². The van der Waals surface area contributed by atoms with Gasteiger partial charge in [-0.15, -0.1) is 0 Å². The summed E-state index contributed by atoms with van der Waals surface area (Å²) in [7, 11) is 0. The molecule has 0 saturated heterocycles. The molecule has 0 radical (unpaired) electrons. The molecule has 0 atom stereocenters. The Labute approximate surface area is 97.0 Å². The highest BCUT2D eigenvalue weighted by atomic mass is 35.5. The highest BCUT2D eigenvalue weighted by Crippen LogP contribution is 2.11. The second-order valence-corrected chi connectivity index (χ2v) is 3.58. The van der Waals surface area contributed by atoms with Gasteiger partial charge in [-0.05, 0) is 12.1 Å². The number of nitrogens with zero attached hydrogens (tertiary/aromatic N) is 4. The first-order valence-corrected chi connectivity index (χ1v) is 4.96. The summed E-state index contributed by atoms with van der Waals surface area (Å²) in [6, 6.07) is 7.05. The maximum atomic E-state index is 8.94. The van der Waals surface area contributed by atoms with Gasteiger partial charge < -0.3 is 5.21 Å². The third kappa shape index (κ3) is 2.38. The summed E-state index contributed by atoms with van der Waals surface area (Å²) >= 11 is 5.77. The molecule has 0 amide bonds. The second-order valence-electron chi connectivity index (χ2n) is 3.15. The maximum Gasteiger partial charge on any atom is 0.137 e. The van der Waals surface area contributed by atoms with Gasteiger partial charge in [0.1, 0.15) is 18.4 Å². The number of halogens is 1. The van der Waals surface area contributed by atoms with Crippen molar-refractivity contribution in [1.29, 1.82) is 0 Å². The van der Waals surface area contributed by atoms with Gasteiger partial charge in [-0.2, -0.15) is 5.10 Å². The molecule has 0 spiro atoms. The molecule has 1 aromatic carbocycles. The number of rotatable bonds is 3. The second kappa shape index (κ2) is 4.76. The van der Waals surface area contributed by atoms with Crippen molar-refractivity contribution in [2.24, 2.45) is 5.16 Å². The fraction of sp³-hybridized carbons (Fsp3) is 0.100. The number of hydrogen-bond acceptors (Lipinski definition) is 4. The minimum Gasteiger partial charge on any atom is -0.411 e. The van der Waals surface area contributed by atoms with E-state index in [1.54, 1.807) is 35.3 Å². The fourth-order valence-corrected chi connectivity index (χ4v) is 1.42. The Hall–Kier alpha value is -1.88. The topological polar surface area (TPSA) is 63.3 Å². The van der Waals surface area contributed by atoms with E-state index in [9.17, 15) is 0 Å². The Bertz CT molecular complexity index is 478. The van der Waals surface area contributed by atoms with Crippen molar-refractivity contribution in [2.45, 2.75) is 6.54 Å². The van der Waals surface area contributed by atoms with Crippen molar-refractivity contribution >= 4 is 17.3 Å². The number of aromatic nitrogens is 3. The maximum absolute atomic E-state index is 8.94. The molecule has 0 unspecified atom stereocenters. The summed E-state index contributed by atoms with van der Waals surface area (Å²) in [6.45, 7) is 0.359. The monoisotopic (exact) mass is 236 g/mol. The SMILES string of the molecule is O/N=C(\Cn1cncn1)c1ccc(Cl)cc1. The van der Waals surface area contributed by atoms with E-state index in [1.165, 1.54) is 6.33 Å². The fourth-order valence-electron chi connectivity index (χ4n) is 1.29. The van der Waals surface area contributed by atoms with Gasteiger partial charge in [0.25, 0.3) is 0 Å². The van der Waals surface area contributed by atoms with Crippen LogP contribution < -0.4 is 0 Å². The van der Waals surface area contributed by atoms with Crippen LogP contribution in [-0.2, 0) is 6.54 Å². The lowest BCUT2D eigenvalue weighted by Gasteiger charge is -2.04. The van der Waals surface area contributed by atoms with E-state index >= 15 is 0 Å². The average molecular weight is 237 g/mol. The highest BCUT2D eigenvalue weighted by Gasteiger charge is 2.05. The molecule has 0 bridgehead atoms. The van der Waals surface area contributed by atoms with Gasteiger partial charge in [0, 0.05) is 10.6 Å². The quantitative estimate of drug-likeness (QED) is 0.502. The van der Waals surface area contributed by atoms with E-state index in [2.05, 4.69) is 15.2 Å². The zero-order valence-corrected chi connectivity index (χ0v) is 9.04. The van der Waals surface area contributed by atoms with Crippen LogP contribution >= 0.6 is 11.6 Å². The normalized spacial score (nSPS) is 11.7. The Kier molecular flexibility index (Phi) is 3.16. The molecule has 0 fully saturated rings. The van der Waals surface area contributed by atoms with Gasteiger partial charge in [0.15, 0.2) is 0 Å². The van der Waals surface area contributed by atoms with Crippen LogP contribution in [0.3, 0.4) is 0 Å². The molecule has 1 N–H and O–H groups in total. The van der Waals surface area contributed by atoms with Crippen LogP contribution in [0.5, 0.6) is 0 Å². The van der Waals surface area contributed by atoms with E-state index in [4.69, 9.17) is 16.8 Å². The van der Waals surface area contributed by atoms with Crippen LogP contribution in [0.1, 0.15) is 5.56 Å². The zero-order chi connectivity index (χ0) is 11.4. The molecule has 1 heterocycles. The van der Waals surface area contributed by atoms with Crippen LogP contribution in [0.15, 0.2) is 42.1 Å². The molecule has 0 aliphatic rings. The van der Waals surface area contributed by atoms with Crippen molar-refractivity contribution in [3.05, 3.63) is 47.5 Å². The number of oxime groups is 1. The lowest BCUT2D eigenvalue weighted by molar-refractivity contribution is 0.317. The van der Waals surface area contributed by atoms with Crippen molar-refractivity contribution in [3.8, 4) is 0 Å². The summed E-state index contributed by atoms with van der Waals surface area (Å²) in [5.74, 6) is 0. The minimum atomic E-state index is 0.359. The van der Waals surface area contributed by atoms with Gasteiger partial charge in [0.05, 0.1) is 6.54 Å². The summed E-state index contributed by atoms with van der Waals surface area (Å²) in [4.78, 5) is 3.81. The van der Waals surface area contributed by atoms with E-state index in [0.717, 1.165) is 5.56 Å². The van der Waals surface area contributed by atoms with E-state index in [0.29, 0.717) is 17.3 Å². The molecule has 0 aliphatic heterocycles. The molecule has 5 nitrogen and oxygen atoms in total. The molecule has 2 aromatic rings. The van der Waals surface area contributed by atoms with Gasteiger partial charge in [-0.3, -0.25) is 0 Å². The van der Waals surface area contributed by atoms with Gasteiger partial charge in [-0.25, -0.2) is 9.67 Å². The molecule has 6 heteroatoms. The first-order valence-electron chi connectivity index (χ1n) is 4.59. The summed E-state index contributed by atoms with van der Waals surface area (Å²) in [5, 5.41) is 16.8. The first-order chi connectivity index (χ1) is 7.79. The van der Waals surface area contributed by atoms with E-state index < -0.39 is 0 Å². The predicted octanol–water partition coefficient (Wildman–Crippen LogP) is 1.81.